The molecule has 2 heterocycles. The summed E-state index contributed by atoms with van der Waals surface area (Å²) >= 11 is 17.6. The highest BCUT2D eigenvalue weighted by Crippen LogP contribution is 2.34. The Hall–Kier alpha value is -3.91. The Bertz CT molecular complexity index is 1670. The Kier molecular flexibility index (Phi) is 7.10. The fourth-order valence-corrected chi connectivity index (χ4v) is 4.26. The van der Waals surface area contributed by atoms with Crippen LogP contribution in [-0.4, -0.2) is 16.0 Å². The van der Waals surface area contributed by atoms with Crippen molar-refractivity contribution in [3.8, 4) is 22.8 Å². The van der Waals surface area contributed by atoms with Crippen LogP contribution in [0.2, 0.25) is 10.0 Å². The fraction of sp³-hybridized carbons (Fsp3) is 0.0357. The van der Waals surface area contributed by atoms with Gasteiger partial charge in [0.05, 0.1) is 10.0 Å². The number of halogens is 2. The maximum Gasteiger partial charge on any atom is 0.250 e. The normalized spacial score (nSPS) is 11.2. The van der Waals surface area contributed by atoms with Gasteiger partial charge in [-0.05, 0) is 85.4 Å². The van der Waals surface area contributed by atoms with Gasteiger partial charge in [0.25, 0.3) is 0 Å². The van der Waals surface area contributed by atoms with Gasteiger partial charge in [0.2, 0.25) is 11.8 Å². The van der Waals surface area contributed by atoms with Gasteiger partial charge in [-0.2, -0.15) is 0 Å². The van der Waals surface area contributed by atoms with Crippen molar-refractivity contribution in [1.29, 1.82) is 0 Å². The van der Waals surface area contributed by atoms with Crippen molar-refractivity contribution < 1.29 is 13.6 Å². The average molecular weight is 548 g/mol. The van der Waals surface area contributed by atoms with Crippen molar-refractivity contribution in [1.82, 2.24) is 10.3 Å². The summed E-state index contributed by atoms with van der Waals surface area (Å²) in [6, 6.07) is 22.0. The van der Waals surface area contributed by atoms with E-state index in [4.69, 9.17) is 44.3 Å². The van der Waals surface area contributed by atoms with Gasteiger partial charge >= 0.3 is 0 Å². The van der Waals surface area contributed by atoms with E-state index in [0.717, 1.165) is 16.6 Å². The smallest absolute Gasteiger partial charge is 0.250 e. The number of fused-ring (bicyclic) bond motifs is 1. The number of benzene rings is 3. The lowest BCUT2D eigenvalue weighted by Crippen LogP contribution is -2.32. The van der Waals surface area contributed by atoms with Gasteiger partial charge in [-0.1, -0.05) is 41.4 Å². The summed E-state index contributed by atoms with van der Waals surface area (Å²) < 4.78 is 11.6. The quantitative estimate of drug-likeness (QED) is 0.172. The van der Waals surface area contributed by atoms with E-state index in [2.05, 4.69) is 15.6 Å². The number of oxazole rings is 1. The molecule has 5 aromatic rings. The number of rotatable bonds is 5. The predicted molar refractivity (Wildman–Crippen MR) is 152 cm³/mol. The summed E-state index contributed by atoms with van der Waals surface area (Å²) in [4.78, 5) is 16.9. The van der Waals surface area contributed by atoms with Crippen LogP contribution >= 0.6 is 35.4 Å². The third kappa shape index (κ3) is 5.75. The number of thiocarbonyl (C=S) groups is 1. The van der Waals surface area contributed by atoms with Crippen molar-refractivity contribution in [2.24, 2.45) is 0 Å². The number of nitrogens with zero attached hydrogens (tertiary/aromatic N) is 1. The van der Waals surface area contributed by atoms with Crippen LogP contribution in [-0.2, 0) is 4.79 Å². The van der Waals surface area contributed by atoms with Gasteiger partial charge < -0.3 is 14.2 Å². The van der Waals surface area contributed by atoms with Gasteiger partial charge in [-0.15, -0.1) is 0 Å². The summed E-state index contributed by atoms with van der Waals surface area (Å²) in [6.45, 7) is 2.01. The number of aromatic nitrogens is 1. The molecule has 0 bridgehead atoms. The van der Waals surface area contributed by atoms with Gasteiger partial charge in [0.15, 0.2) is 10.7 Å². The van der Waals surface area contributed by atoms with Crippen LogP contribution in [0.15, 0.2) is 87.7 Å². The lowest BCUT2D eigenvalue weighted by molar-refractivity contribution is -0.115. The van der Waals surface area contributed by atoms with Gasteiger partial charge in [-0.25, -0.2) is 4.98 Å². The van der Waals surface area contributed by atoms with Crippen LogP contribution in [0.3, 0.4) is 0 Å². The number of carbonyl (C=O) groups is 1. The number of furan rings is 1. The molecule has 3 aromatic carbocycles. The Morgan fingerprint density at radius 1 is 1.00 bits per heavy atom. The van der Waals surface area contributed by atoms with Crippen LogP contribution in [0.1, 0.15) is 11.3 Å². The number of hydrogen-bond donors (Lipinski definition) is 2. The Labute approximate surface area is 227 Å². The average Bonchev–Trinajstić information content (AvgIpc) is 3.51. The fourth-order valence-electron chi connectivity index (χ4n) is 3.65. The lowest BCUT2D eigenvalue weighted by Gasteiger charge is -2.08. The monoisotopic (exact) mass is 547 g/mol. The van der Waals surface area contributed by atoms with E-state index in [1.54, 1.807) is 30.3 Å². The van der Waals surface area contributed by atoms with E-state index >= 15 is 0 Å². The first-order valence-electron chi connectivity index (χ1n) is 11.2. The molecule has 2 aromatic heterocycles. The molecule has 0 aliphatic carbocycles. The van der Waals surface area contributed by atoms with Gasteiger partial charge in [0, 0.05) is 22.9 Å². The maximum absolute atomic E-state index is 12.4. The Morgan fingerprint density at radius 3 is 2.70 bits per heavy atom. The van der Waals surface area contributed by atoms with Crippen LogP contribution in [0.25, 0.3) is 40.0 Å². The predicted octanol–water partition coefficient (Wildman–Crippen LogP) is 7.90. The third-order valence-electron chi connectivity index (χ3n) is 5.39. The number of anilines is 1. The molecule has 5 rings (SSSR count). The highest BCUT2D eigenvalue weighted by molar-refractivity contribution is 7.80. The first-order chi connectivity index (χ1) is 17.9. The van der Waals surface area contributed by atoms with E-state index in [0.29, 0.717) is 44.3 Å². The highest BCUT2D eigenvalue weighted by atomic mass is 35.5. The minimum atomic E-state index is -0.415. The molecule has 37 heavy (non-hydrogen) atoms. The van der Waals surface area contributed by atoms with Crippen LogP contribution in [0.5, 0.6) is 0 Å². The number of amides is 1. The molecule has 2 N–H and O–H groups in total. The van der Waals surface area contributed by atoms with Crippen LogP contribution in [0, 0.1) is 6.92 Å². The molecule has 1 amide bonds. The largest absolute Gasteiger partial charge is 0.457 e. The molecule has 0 atom stereocenters. The van der Waals surface area contributed by atoms with E-state index in [1.165, 1.54) is 12.2 Å². The zero-order chi connectivity index (χ0) is 25.9. The first kappa shape index (κ1) is 24.8. The molecule has 0 aliphatic heterocycles. The number of hydrogen-bond acceptors (Lipinski definition) is 5. The molecule has 0 unspecified atom stereocenters. The summed E-state index contributed by atoms with van der Waals surface area (Å²) in [5.74, 6) is 1.10. The first-order valence-corrected chi connectivity index (χ1v) is 12.3. The maximum atomic E-state index is 12.4. The lowest BCUT2D eigenvalue weighted by atomic mass is 10.2. The second-order valence-electron chi connectivity index (χ2n) is 8.15. The van der Waals surface area contributed by atoms with Gasteiger partial charge in [0.1, 0.15) is 17.0 Å². The second kappa shape index (κ2) is 10.6. The molecule has 0 aliphatic rings. The molecule has 184 valence electrons. The molecule has 6 nitrogen and oxygen atoms in total. The molecular weight excluding hydrogens is 529 g/mol. The molecule has 0 fully saturated rings. The molecular formula is C28H19Cl2N3O3S. The minimum Gasteiger partial charge on any atom is -0.457 e. The van der Waals surface area contributed by atoms with E-state index in [-0.39, 0.29) is 5.11 Å². The number of carbonyl (C=O) groups excluding carboxylic acids is 1. The zero-order valence-corrected chi connectivity index (χ0v) is 21.7. The second-order valence-corrected chi connectivity index (χ2v) is 9.34. The molecule has 0 spiro atoms. The minimum absolute atomic E-state index is 0.144. The van der Waals surface area contributed by atoms with Gasteiger partial charge in [-0.3, -0.25) is 10.1 Å². The zero-order valence-electron chi connectivity index (χ0n) is 19.4. The van der Waals surface area contributed by atoms with E-state index in [1.807, 2.05) is 49.4 Å². The van der Waals surface area contributed by atoms with Crippen molar-refractivity contribution in [3.05, 3.63) is 100 Å². The van der Waals surface area contributed by atoms with Crippen LogP contribution in [0.4, 0.5) is 5.69 Å². The number of nitrogens with one attached hydrogen (secondary N) is 2. The van der Waals surface area contributed by atoms with Crippen molar-refractivity contribution in [3.63, 3.8) is 0 Å². The Morgan fingerprint density at radius 2 is 1.84 bits per heavy atom. The highest BCUT2D eigenvalue weighted by Gasteiger charge is 2.12. The summed E-state index contributed by atoms with van der Waals surface area (Å²) in [5, 5.41) is 6.60. The van der Waals surface area contributed by atoms with E-state index < -0.39 is 5.91 Å². The van der Waals surface area contributed by atoms with Crippen molar-refractivity contribution in [2.75, 3.05) is 5.32 Å². The topological polar surface area (TPSA) is 80.3 Å². The van der Waals surface area contributed by atoms with Crippen LogP contribution < -0.4 is 10.6 Å². The number of aryl methyl sites for hydroxylation is 1. The summed E-state index contributed by atoms with van der Waals surface area (Å²) in [7, 11) is 0. The summed E-state index contributed by atoms with van der Waals surface area (Å²) in [5.41, 5.74) is 4.74. The Balaban J connectivity index is 1.21. The molecule has 9 heteroatoms. The molecule has 0 saturated heterocycles. The van der Waals surface area contributed by atoms with Crippen molar-refractivity contribution in [2.45, 2.75) is 6.92 Å². The summed E-state index contributed by atoms with van der Waals surface area (Å²) in [6.07, 6.45) is 2.86. The molecule has 0 radical (unpaired) electrons. The standard InChI is InChI=1S/C28H19Cl2N3O3S/c1-16-8-11-24-22(14-16)32-27(36-24)17-4-2-5-18(15-17)31-28(37)33-25(34)13-10-19-9-12-23(35-19)20-6-3-7-21(29)26(20)30/h2-15H,1H3,(H2,31,33,34,37). The van der Waals surface area contributed by atoms with E-state index in [9.17, 15) is 4.79 Å². The van der Waals surface area contributed by atoms with Crippen molar-refractivity contribution >= 4 is 69.3 Å². The molecule has 0 saturated carbocycles. The SMILES string of the molecule is Cc1ccc2oc(-c3cccc(NC(=S)NC(=O)C=Cc4ccc(-c5cccc(Cl)c5Cl)o4)c3)nc2c1. The third-order valence-corrected chi connectivity index (χ3v) is 6.41.